The number of nitrogens with one attached hydrogen (secondary N) is 1. The van der Waals surface area contributed by atoms with Gasteiger partial charge in [-0.2, -0.15) is 5.10 Å². The third-order valence-electron chi connectivity index (χ3n) is 6.68. The number of fused-ring (bicyclic) bond motifs is 1. The summed E-state index contributed by atoms with van der Waals surface area (Å²) in [5.74, 6) is -0.154. The molecule has 4 atom stereocenters. The van der Waals surface area contributed by atoms with Crippen molar-refractivity contribution in [2.45, 2.75) is 56.6 Å². The monoisotopic (exact) mass is 465 g/mol. The van der Waals surface area contributed by atoms with Crippen molar-refractivity contribution in [3.8, 4) is 5.75 Å². The molecule has 1 aliphatic carbocycles. The fraction of sp³-hybridized carbons (Fsp3) is 0.400. The zero-order valence-corrected chi connectivity index (χ0v) is 18.8. The van der Waals surface area contributed by atoms with E-state index in [-0.39, 0.29) is 24.4 Å². The van der Waals surface area contributed by atoms with Crippen LogP contribution in [0.4, 0.5) is 4.39 Å². The molecule has 2 aliphatic rings. The van der Waals surface area contributed by atoms with E-state index in [1.165, 1.54) is 29.6 Å². The first-order valence-corrected chi connectivity index (χ1v) is 11.6. The van der Waals surface area contributed by atoms with Crippen LogP contribution in [0, 0.1) is 5.82 Å². The molecule has 2 heterocycles. The summed E-state index contributed by atoms with van der Waals surface area (Å²) in [7, 11) is 0. The number of carbonyl (C=O) groups excluding carboxylic acids is 1. The van der Waals surface area contributed by atoms with E-state index in [1.54, 1.807) is 23.1 Å². The molecule has 0 spiro atoms. The molecule has 1 amide bonds. The molecule has 1 saturated carbocycles. The first-order valence-electron chi connectivity index (χ1n) is 11.6. The molecule has 0 bridgehead atoms. The van der Waals surface area contributed by atoms with E-state index in [1.807, 2.05) is 12.1 Å². The number of carbonyl (C=O) groups is 1. The molecular formula is C25H28FN5O3. The van der Waals surface area contributed by atoms with Gasteiger partial charge in [-0.15, -0.1) is 0 Å². The third-order valence-corrected chi connectivity index (χ3v) is 6.68. The normalized spacial score (nSPS) is 24.5. The molecule has 0 radical (unpaired) electrons. The summed E-state index contributed by atoms with van der Waals surface area (Å²) in [6.45, 7) is 1.89. The maximum atomic E-state index is 13.7. The van der Waals surface area contributed by atoms with Crippen LogP contribution in [0.2, 0.25) is 0 Å². The van der Waals surface area contributed by atoms with Crippen LogP contribution in [-0.2, 0) is 24.3 Å². The van der Waals surface area contributed by atoms with Crippen LogP contribution in [-0.4, -0.2) is 61.5 Å². The van der Waals surface area contributed by atoms with Crippen LogP contribution in [0.25, 0.3) is 0 Å². The van der Waals surface area contributed by atoms with Crippen molar-refractivity contribution in [2.75, 3.05) is 6.54 Å². The second-order valence-electron chi connectivity index (χ2n) is 8.90. The van der Waals surface area contributed by atoms with Gasteiger partial charge in [0, 0.05) is 32.0 Å². The summed E-state index contributed by atoms with van der Waals surface area (Å²) in [5.41, 5.74) is 2.54. The molecule has 1 aromatic heterocycles. The lowest BCUT2D eigenvalue weighted by Crippen LogP contribution is -2.54. The number of halogens is 1. The molecule has 34 heavy (non-hydrogen) atoms. The minimum atomic E-state index is -0.839. The van der Waals surface area contributed by atoms with Crippen LogP contribution < -0.4 is 10.1 Å². The zero-order valence-electron chi connectivity index (χ0n) is 18.8. The maximum absolute atomic E-state index is 13.7. The number of amides is 1. The van der Waals surface area contributed by atoms with Gasteiger partial charge in [0.15, 0.2) is 0 Å². The van der Waals surface area contributed by atoms with Crippen molar-refractivity contribution in [2.24, 2.45) is 0 Å². The fourth-order valence-corrected chi connectivity index (χ4v) is 5.05. The summed E-state index contributed by atoms with van der Waals surface area (Å²) in [4.78, 5) is 18.9. The Labute approximate surface area is 197 Å². The Morgan fingerprint density at radius 3 is 2.85 bits per heavy atom. The molecule has 1 aliphatic heterocycles. The summed E-state index contributed by atoms with van der Waals surface area (Å²) in [6.07, 6.45) is 3.16. The quantitative estimate of drug-likeness (QED) is 0.554. The fourth-order valence-electron chi connectivity index (χ4n) is 5.05. The van der Waals surface area contributed by atoms with Gasteiger partial charge in [-0.3, -0.25) is 14.4 Å². The summed E-state index contributed by atoms with van der Waals surface area (Å²) < 4.78 is 21.3. The highest BCUT2D eigenvalue weighted by Crippen LogP contribution is 2.32. The van der Waals surface area contributed by atoms with Gasteiger partial charge >= 0.3 is 0 Å². The Morgan fingerprint density at radius 1 is 1.21 bits per heavy atom. The van der Waals surface area contributed by atoms with Crippen LogP contribution in [0.3, 0.4) is 0 Å². The predicted octanol–water partition coefficient (Wildman–Crippen LogP) is 1.93. The number of aromatic nitrogens is 3. The molecule has 1 fully saturated rings. The number of hydrogen-bond donors (Lipinski definition) is 2. The van der Waals surface area contributed by atoms with Gasteiger partial charge in [-0.1, -0.05) is 30.3 Å². The third kappa shape index (κ3) is 4.95. The van der Waals surface area contributed by atoms with E-state index in [4.69, 9.17) is 4.74 Å². The average molecular weight is 466 g/mol. The minimum Gasteiger partial charge on any atom is -0.487 e. The van der Waals surface area contributed by atoms with E-state index in [2.05, 4.69) is 32.4 Å². The Hall–Kier alpha value is -3.30. The smallest absolute Gasteiger partial charge is 0.222 e. The van der Waals surface area contributed by atoms with Gasteiger partial charge in [0.1, 0.15) is 36.4 Å². The number of aliphatic hydroxyl groups excluding tert-OH is 1. The van der Waals surface area contributed by atoms with Crippen molar-refractivity contribution in [1.29, 1.82) is 0 Å². The Balaban J connectivity index is 1.32. The second-order valence-corrected chi connectivity index (χ2v) is 8.90. The van der Waals surface area contributed by atoms with Crippen molar-refractivity contribution in [3.05, 3.63) is 78.1 Å². The van der Waals surface area contributed by atoms with Gasteiger partial charge in [-0.25, -0.2) is 9.37 Å². The lowest BCUT2D eigenvalue weighted by molar-refractivity contribution is -0.122. The van der Waals surface area contributed by atoms with Gasteiger partial charge in [0.25, 0.3) is 0 Å². The molecule has 9 heteroatoms. The van der Waals surface area contributed by atoms with Gasteiger partial charge in [0.2, 0.25) is 5.91 Å². The predicted molar refractivity (Wildman–Crippen MR) is 122 cm³/mol. The topological polar surface area (TPSA) is 92.5 Å². The minimum absolute atomic E-state index is 0.124. The van der Waals surface area contributed by atoms with E-state index < -0.39 is 18.0 Å². The van der Waals surface area contributed by atoms with E-state index in [9.17, 15) is 14.3 Å². The van der Waals surface area contributed by atoms with Crippen LogP contribution in [0.5, 0.6) is 5.75 Å². The number of rotatable bonds is 7. The molecule has 0 unspecified atom stereocenters. The van der Waals surface area contributed by atoms with Crippen molar-refractivity contribution in [3.63, 3.8) is 0 Å². The Morgan fingerprint density at radius 2 is 2.06 bits per heavy atom. The van der Waals surface area contributed by atoms with Gasteiger partial charge in [0.05, 0.1) is 18.6 Å². The molecular weight excluding hydrogens is 437 g/mol. The van der Waals surface area contributed by atoms with Crippen LogP contribution in [0.1, 0.15) is 24.0 Å². The van der Waals surface area contributed by atoms with Crippen molar-refractivity contribution in [1.82, 2.24) is 25.0 Å². The van der Waals surface area contributed by atoms with Crippen LogP contribution >= 0.6 is 0 Å². The zero-order chi connectivity index (χ0) is 23.5. The number of aryl methyl sites for hydroxylation is 1. The maximum Gasteiger partial charge on any atom is 0.222 e. The van der Waals surface area contributed by atoms with Crippen molar-refractivity contribution >= 4 is 5.91 Å². The highest BCUT2D eigenvalue weighted by Gasteiger charge is 2.47. The second kappa shape index (κ2) is 9.90. The van der Waals surface area contributed by atoms with Gasteiger partial charge < -0.3 is 15.2 Å². The highest BCUT2D eigenvalue weighted by molar-refractivity contribution is 5.76. The average Bonchev–Trinajstić information content (AvgIpc) is 3.46. The SMILES string of the molecule is O=C(CCn1cncn1)N[C@@H]1C[C@@H](Oc2cccc(F)c2)[C@H](O)[C@H]1N1CCc2ccccc2C1. The van der Waals surface area contributed by atoms with Gasteiger partial charge in [-0.05, 0) is 29.7 Å². The van der Waals surface area contributed by atoms with Crippen LogP contribution in [0.15, 0.2) is 61.2 Å². The molecule has 2 N–H and O–H groups in total. The molecule has 3 aromatic rings. The molecule has 0 saturated heterocycles. The number of aliphatic hydroxyl groups is 1. The van der Waals surface area contributed by atoms with E-state index in [0.717, 1.165) is 13.0 Å². The number of hydrogen-bond acceptors (Lipinski definition) is 6. The summed E-state index contributed by atoms with van der Waals surface area (Å²) in [6, 6.07) is 13.6. The molecule has 178 valence electrons. The van der Waals surface area contributed by atoms with Crippen molar-refractivity contribution < 1.29 is 19.0 Å². The molecule has 2 aromatic carbocycles. The molecule has 8 nitrogen and oxygen atoms in total. The number of nitrogens with zero attached hydrogens (tertiary/aromatic N) is 4. The largest absolute Gasteiger partial charge is 0.487 e. The lowest BCUT2D eigenvalue weighted by Gasteiger charge is -2.38. The lowest BCUT2D eigenvalue weighted by atomic mass is 9.97. The standard InChI is InChI=1S/C25H28FN5O3/c26-19-6-3-7-20(12-19)34-22-13-21(29-23(32)9-11-31-16-27-15-28-31)24(25(22)33)30-10-8-17-4-1-2-5-18(17)14-30/h1-7,12,15-16,21-22,24-25,33H,8-11,13-14H2,(H,29,32)/t21-,22-,24+,25+/m1/s1. The van der Waals surface area contributed by atoms with E-state index >= 15 is 0 Å². The Kier molecular flexibility index (Phi) is 6.55. The van der Waals surface area contributed by atoms with E-state index in [0.29, 0.717) is 25.3 Å². The molecule has 5 rings (SSSR count). The number of benzene rings is 2. The summed E-state index contributed by atoms with van der Waals surface area (Å²) >= 11 is 0. The first kappa shape index (κ1) is 22.5. The number of ether oxygens (including phenoxy) is 1. The summed E-state index contributed by atoms with van der Waals surface area (Å²) in [5, 5.41) is 18.5. The first-order chi connectivity index (χ1) is 16.6. The Bertz CT molecular complexity index is 1130. The highest BCUT2D eigenvalue weighted by atomic mass is 19.1.